The number of urea groups is 1. The van der Waals surface area contributed by atoms with Crippen LogP contribution in [-0.4, -0.2) is 27.6 Å². The molecule has 0 aliphatic heterocycles. The molecule has 0 radical (unpaired) electrons. The molecule has 0 aliphatic carbocycles. The summed E-state index contributed by atoms with van der Waals surface area (Å²) in [4.78, 5) is 35.0. The molecule has 3 rings (SSSR count). The highest BCUT2D eigenvalue weighted by Gasteiger charge is 2.33. The average molecular weight is 504 g/mol. The molecular formula is C20H18Cl2F3N5O3. The van der Waals surface area contributed by atoms with Crippen molar-refractivity contribution in [3.05, 3.63) is 63.3 Å². The number of aromatic amines is 1. The second-order valence-electron chi connectivity index (χ2n) is 6.48. The van der Waals surface area contributed by atoms with Crippen LogP contribution in [-0.2, 0) is 6.18 Å². The van der Waals surface area contributed by atoms with Crippen molar-refractivity contribution in [1.82, 2.24) is 15.0 Å². The van der Waals surface area contributed by atoms with Gasteiger partial charge in [0.05, 0.1) is 34.8 Å². The Morgan fingerprint density at radius 3 is 2.61 bits per heavy atom. The van der Waals surface area contributed by atoms with Gasteiger partial charge in [0.1, 0.15) is 0 Å². The Morgan fingerprint density at radius 1 is 1.24 bits per heavy atom. The van der Waals surface area contributed by atoms with Crippen LogP contribution in [0.2, 0.25) is 5.02 Å². The minimum absolute atomic E-state index is 0. The van der Waals surface area contributed by atoms with Crippen molar-refractivity contribution in [1.29, 1.82) is 0 Å². The largest absolute Gasteiger partial charge is 0.488 e. The first-order valence-electron chi connectivity index (χ1n) is 9.22. The fourth-order valence-corrected chi connectivity index (χ4v) is 2.91. The van der Waals surface area contributed by atoms with E-state index in [1.165, 1.54) is 24.5 Å². The van der Waals surface area contributed by atoms with E-state index < -0.39 is 28.4 Å². The molecule has 8 nitrogen and oxygen atoms in total. The summed E-state index contributed by atoms with van der Waals surface area (Å²) < 4.78 is 44.2. The van der Waals surface area contributed by atoms with Gasteiger partial charge in [0.25, 0.3) is 5.56 Å². The van der Waals surface area contributed by atoms with Gasteiger partial charge in [-0.05, 0) is 38.1 Å². The summed E-state index contributed by atoms with van der Waals surface area (Å²) in [5.74, 6) is 0.396. The number of aryl methyl sites for hydroxylation is 1. The summed E-state index contributed by atoms with van der Waals surface area (Å²) in [5, 5.41) is 4.32. The third kappa shape index (κ3) is 6.36. The molecule has 2 heterocycles. The summed E-state index contributed by atoms with van der Waals surface area (Å²) in [5.41, 5.74) is -0.419. The average Bonchev–Trinajstić information content (AvgIpc) is 2.72. The number of carbonyl (C=O) groups excluding carboxylic acids is 1. The highest BCUT2D eigenvalue weighted by atomic mass is 35.5. The molecule has 0 saturated heterocycles. The van der Waals surface area contributed by atoms with Crippen molar-refractivity contribution in [3.8, 4) is 17.1 Å². The highest BCUT2D eigenvalue weighted by molar-refractivity contribution is 6.31. The zero-order valence-corrected chi connectivity index (χ0v) is 18.8. The Hall–Kier alpha value is -3.31. The minimum atomic E-state index is -4.66. The van der Waals surface area contributed by atoms with Crippen LogP contribution in [0.4, 0.5) is 29.3 Å². The van der Waals surface area contributed by atoms with Gasteiger partial charge in [-0.2, -0.15) is 13.2 Å². The second-order valence-corrected chi connectivity index (χ2v) is 6.89. The number of nitrogens with one attached hydrogen (secondary N) is 3. The fraction of sp³-hybridized carbons (Fsp3) is 0.200. The zero-order valence-electron chi connectivity index (χ0n) is 17.2. The molecule has 0 atom stereocenters. The number of carbonyl (C=O) groups is 1. The minimum Gasteiger partial charge on any atom is -0.488 e. The van der Waals surface area contributed by atoms with E-state index in [0.717, 1.165) is 12.1 Å². The lowest BCUT2D eigenvalue weighted by molar-refractivity contribution is -0.137. The van der Waals surface area contributed by atoms with Crippen LogP contribution in [0.3, 0.4) is 0 Å². The summed E-state index contributed by atoms with van der Waals surface area (Å²) in [6.45, 7) is 3.66. The number of benzene rings is 1. The van der Waals surface area contributed by atoms with Crippen molar-refractivity contribution in [2.75, 3.05) is 17.2 Å². The van der Waals surface area contributed by atoms with E-state index >= 15 is 0 Å². The number of amides is 2. The van der Waals surface area contributed by atoms with E-state index in [9.17, 15) is 22.8 Å². The number of anilines is 2. The van der Waals surface area contributed by atoms with Gasteiger partial charge < -0.3 is 20.4 Å². The van der Waals surface area contributed by atoms with Gasteiger partial charge in [0.15, 0.2) is 11.6 Å². The molecule has 13 heteroatoms. The van der Waals surface area contributed by atoms with Gasteiger partial charge in [0, 0.05) is 17.4 Å². The molecule has 33 heavy (non-hydrogen) atoms. The van der Waals surface area contributed by atoms with E-state index in [1.807, 2.05) is 0 Å². The maximum Gasteiger partial charge on any atom is 0.417 e. The SMILES string of the molecule is CCOc1cc(-c2ncc(NC(=O)Nc3ccc(Cl)c(C(F)(F)F)c3)c(C)n2)c[nH]c1=O.Cl. The lowest BCUT2D eigenvalue weighted by Crippen LogP contribution is -2.21. The Kier molecular flexibility index (Phi) is 8.29. The normalized spacial score (nSPS) is 10.8. The van der Waals surface area contributed by atoms with E-state index in [-0.39, 0.29) is 35.4 Å². The van der Waals surface area contributed by atoms with Crippen molar-refractivity contribution in [2.45, 2.75) is 20.0 Å². The van der Waals surface area contributed by atoms with Crippen molar-refractivity contribution < 1.29 is 22.7 Å². The van der Waals surface area contributed by atoms with Gasteiger partial charge in [0.2, 0.25) is 0 Å². The smallest absolute Gasteiger partial charge is 0.417 e. The van der Waals surface area contributed by atoms with Crippen LogP contribution in [0.5, 0.6) is 5.75 Å². The fourth-order valence-electron chi connectivity index (χ4n) is 2.69. The standard InChI is InChI=1S/C20H17ClF3N5O3.ClH/c1-3-32-16-6-11(8-26-18(16)30)17-25-9-15(10(2)27-17)29-19(31)28-12-4-5-14(21)13(7-12)20(22,23)24;/h4-9H,3H2,1-2H3,(H,26,30)(H2,28,29,31);1H. The number of rotatable bonds is 5. The van der Waals surface area contributed by atoms with Crippen LogP contribution < -0.4 is 20.9 Å². The van der Waals surface area contributed by atoms with E-state index in [0.29, 0.717) is 17.9 Å². The molecule has 3 N–H and O–H groups in total. The molecule has 0 unspecified atom stereocenters. The number of H-pyrrole nitrogens is 1. The first kappa shape index (κ1) is 25.9. The lowest BCUT2D eigenvalue weighted by Gasteiger charge is -2.13. The number of hydrogen-bond acceptors (Lipinski definition) is 5. The van der Waals surface area contributed by atoms with E-state index in [4.69, 9.17) is 16.3 Å². The molecule has 2 amide bonds. The van der Waals surface area contributed by atoms with Gasteiger partial charge in [-0.3, -0.25) is 4.79 Å². The summed E-state index contributed by atoms with van der Waals surface area (Å²) in [6, 6.07) is 3.73. The third-order valence-corrected chi connectivity index (χ3v) is 4.51. The van der Waals surface area contributed by atoms with Crippen LogP contribution in [0.25, 0.3) is 11.4 Å². The molecule has 0 fully saturated rings. The monoisotopic (exact) mass is 503 g/mol. The Bertz CT molecular complexity index is 1220. The Labute approximate surface area is 197 Å². The van der Waals surface area contributed by atoms with Gasteiger partial charge in [-0.15, -0.1) is 12.4 Å². The summed E-state index contributed by atoms with van der Waals surface area (Å²) >= 11 is 5.58. The molecule has 0 spiro atoms. The molecule has 1 aromatic carbocycles. The highest BCUT2D eigenvalue weighted by Crippen LogP contribution is 2.36. The van der Waals surface area contributed by atoms with Gasteiger partial charge in [-0.1, -0.05) is 11.6 Å². The quantitative estimate of drug-likeness (QED) is 0.438. The van der Waals surface area contributed by atoms with Crippen molar-refractivity contribution in [3.63, 3.8) is 0 Å². The number of alkyl halides is 3. The molecule has 176 valence electrons. The topological polar surface area (TPSA) is 109 Å². The number of pyridine rings is 1. The predicted octanol–water partition coefficient (Wildman–Crippen LogP) is 5.28. The predicted molar refractivity (Wildman–Crippen MR) is 120 cm³/mol. The lowest BCUT2D eigenvalue weighted by atomic mass is 10.2. The summed E-state index contributed by atoms with van der Waals surface area (Å²) in [7, 11) is 0. The third-order valence-electron chi connectivity index (χ3n) is 4.18. The second kappa shape index (κ2) is 10.5. The maximum atomic E-state index is 13.0. The van der Waals surface area contributed by atoms with Gasteiger partial charge >= 0.3 is 12.2 Å². The van der Waals surface area contributed by atoms with Gasteiger partial charge in [-0.25, -0.2) is 14.8 Å². The number of ether oxygens (including phenoxy) is 1. The number of halogens is 5. The number of aromatic nitrogens is 3. The Morgan fingerprint density at radius 2 is 1.97 bits per heavy atom. The maximum absolute atomic E-state index is 13.0. The zero-order chi connectivity index (χ0) is 23.5. The van der Waals surface area contributed by atoms with Crippen molar-refractivity contribution >= 4 is 41.4 Å². The van der Waals surface area contributed by atoms with Crippen LogP contribution in [0, 0.1) is 6.92 Å². The van der Waals surface area contributed by atoms with Crippen LogP contribution in [0.15, 0.2) is 41.5 Å². The van der Waals surface area contributed by atoms with E-state index in [1.54, 1.807) is 13.8 Å². The molecular weight excluding hydrogens is 486 g/mol. The molecule has 0 bridgehead atoms. The summed E-state index contributed by atoms with van der Waals surface area (Å²) in [6.07, 6.45) is -1.89. The molecule has 0 aliphatic rings. The van der Waals surface area contributed by atoms with Crippen LogP contribution >= 0.6 is 24.0 Å². The molecule has 0 saturated carbocycles. The van der Waals surface area contributed by atoms with Crippen molar-refractivity contribution in [2.24, 2.45) is 0 Å². The first-order chi connectivity index (χ1) is 15.1. The number of hydrogen-bond donors (Lipinski definition) is 3. The molecule has 2 aromatic heterocycles. The molecule has 3 aromatic rings. The van der Waals surface area contributed by atoms with Crippen LogP contribution in [0.1, 0.15) is 18.2 Å². The Balaban J connectivity index is 0.00000385. The number of nitrogens with zero attached hydrogens (tertiary/aromatic N) is 2. The van der Waals surface area contributed by atoms with E-state index in [2.05, 4.69) is 25.6 Å². The first-order valence-corrected chi connectivity index (χ1v) is 9.60.